The van der Waals surface area contributed by atoms with E-state index in [0.29, 0.717) is 11.8 Å². The van der Waals surface area contributed by atoms with Gasteiger partial charge in [0.05, 0.1) is 0 Å². The second-order valence-corrected chi connectivity index (χ2v) is 5.42. The lowest BCUT2D eigenvalue weighted by Crippen LogP contribution is -2.00. The second-order valence-electron chi connectivity index (χ2n) is 5.42. The molecule has 2 unspecified atom stereocenters. The van der Waals surface area contributed by atoms with E-state index in [4.69, 9.17) is 0 Å². The number of fused-ring (bicyclic) bond motifs is 2. The van der Waals surface area contributed by atoms with Gasteiger partial charge in [-0.15, -0.1) is 0 Å². The van der Waals surface area contributed by atoms with Crippen LogP contribution in [0.25, 0.3) is 12.2 Å². The van der Waals surface area contributed by atoms with Crippen molar-refractivity contribution < 1.29 is 0 Å². The second kappa shape index (κ2) is 8.53. The van der Waals surface area contributed by atoms with E-state index in [1.165, 1.54) is 28.7 Å². The van der Waals surface area contributed by atoms with E-state index in [1.54, 1.807) is 0 Å². The molecule has 120 valence electrons. The molecule has 0 spiro atoms. The van der Waals surface area contributed by atoms with Crippen LogP contribution in [-0.4, -0.2) is 0 Å². The Balaban J connectivity index is 0.000000448. The highest BCUT2D eigenvalue weighted by Gasteiger charge is 2.23. The summed E-state index contributed by atoms with van der Waals surface area (Å²) in [6, 6.07) is 17.5. The van der Waals surface area contributed by atoms with Gasteiger partial charge in [-0.05, 0) is 28.7 Å². The Labute approximate surface area is 141 Å². The van der Waals surface area contributed by atoms with E-state index in [0.717, 1.165) is 0 Å². The zero-order valence-corrected chi connectivity index (χ0v) is 14.8. The Bertz CT molecular complexity index is 616. The summed E-state index contributed by atoms with van der Waals surface area (Å²) in [6.45, 7) is 8.00. The molecule has 0 nitrogen and oxygen atoms in total. The van der Waals surface area contributed by atoms with Gasteiger partial charge in [-0.3, -0.25) is 0 Å². The molecule has 0 fully saturated rings. The monoisotopic (exact) mass is 304 g/mol. The molecule has 0 heteroatoms. The van der Waals surface area contributed by atoms with E-state index in [2.05, 4.69) is 72.8 Å². The van der Waals surface area contributed by atoms with Gasteiger partial charge in [0, 0.05) is 11.8 Å². The Hall–Kier alpha value is -2.08. The van der Waals surface area contributed by atoms with Crippen molar-refractivity contribution in [3.63, 3.8) is 0 Å². The van der Waals surface area contributed by atoms with Crippen LogP contribution in [0, 0.1) is 0 Å². The molecule has 0 bridgehead atoms. The molecule has 4 rings (SSSR count). The molecule has 0 amide bonds. The first-order chi connectivity index (χ1) is 11.4. The van der Waals surface area contributed by atoms with Crippen molar-refractivity contribution >= 4 is 12.2 Å². The van der Waals surface area contributed by atoms with Crippen LogP contribution in [-0.2, 0) is 0 Å². The SMILES string of the molecule is C1=CC(CC2C=Cc3ccccc32)c2ccccc21.CC.CC. The smallest absolute Gasteiger partial charge is 0.00360 e. The van der Waals surface area contributed by atoms with Crippen molar-refractivity contribution in [2.75, 3.05) is 0 Å². The van der Waals surface area contributed by atoms with Gasteiger partial charge in [0.25, 0.3) is 0 Å². The minimum Gasteiger partial charge on any atom is -0.0763 e. The average Bonchev–Trinajstić information content (AvgIpc) is 3.24. The maximum absolute atomic E-state index is 2.36. The standard InChI is InChI=1S/C19H16.2C2H6/c1-3-7-18-14(5-1)9-11-16(18)13-17-12-10-15-6-2-4-8-19(15)17;2*1-2/h1-12,16-17H,13H2;2*1-2H3. The van der Waals surface area contributed by atoms with E-state index >= 15 is 0 Å². The van der Waals surface area contributed by atoms with Gasteiger partial charge in [0.15, 0.2) is 0 Å². The van der Waals surface area contributed by atoms with Gasteiger partial charge in [-0.1, -0.05) is 101 Å². The van der Waals surface area contributed by atoms with E-state index in [-0.39, 0.29) is 0 Å². The van der Waals surface area contributed by atoms with Crippen molar-refractivity contribution in [3.8, 4) is 0 Å². The Morgan fingerprint density at radius 2 is 1.00 bits per heavy atom. The van der Waals surface area contributed by atoms with Crippen LogP contribution in [0.2, 0.25) is 0 Å². The largest absolute Gasteiger partial charge is 0.0763 e. The lowest BCUT2D eigenvalue weighted by Gasteiger charge is -2.16. The van der Waals surface area contributed by atoms with Crippen LogP contribution in [0.3, 0.4) is 0 Å². The fraction of sp³-hybridized carbons (Fsp3) is 0.304. The van der Waals surface area contributed by atoms with Gasteiger partial charge >= 0.3 is 0 Å². The molecule has 0 saturated heterocycles. The number of allylic oxidation sites excluding steroid dienone is 2. The third-order valence-electron chi connectivity index (χ3n) is 4.32. The van der Waals surface area contributed by atoms with E-state index in [9.17, 15) is 0 Å². The predicted octanol–water partition coefficient (Wildman–Crippen LogP) is 7.05. The first-order valence-electron chi connectivity index (χ1n) is 8.96. The molecule has 0 aromatic heterocycles. The van der Waals surface area contributed by atoms with Crippen LogP contribution >= 0.6 is 0 Å². The summed E-state index contributed by atoms with van der Waals surface area (Å²) < 4.78 is 0. The van der Waals surface area contributed by atoms with Gasteiger partial charge < -0.3 is 0 Å². The molecule has 2 atom stereocenters. The van der Waals surface area contributed by atoms with Crippen LogP contribution in [0.15, 0.2) is 60.7 Å². The highest BCUT2D eigenvalue weighted by Crippen LogP contribution is 2.41. The van der Waals surface area contributed by atoms with Gasteiger partial charge in [0.1, 0.15) is 0 Å². The van der Waals surface area contributed by atoms with E-state index in [1.807, 2.05) is 27.7 Å². The lowest BCUT2D eigenvalue weighted by molar-refractivity contribution is 0.686. The number of hydrogen-bond donors (Lipinski definition) is 0. The van der Waals surface area contributed by atoms with Crippen molar-refractivity contribution in [3.05, 3.63) is 82.9 Å². The molecule has 2 aromatic carbocycles. The zero-order valence-electron chi connectivity index (χ0n) is 14.8. The number of hydrogen-bond acceptors (Lipinski definition) is 0. The van der Waals surface area contributed by atoms with Crippen LogP contribution in [0.1, 0.15) is 68.2 Å². The summed E-state index contributed by atoms with van der Waals surface area (Å²) in [7, 11) is 0. The molecule has 0 saturated carbocycles. The fourth-order valence-corrected chi connectivity index (χ4v) is 3.33. The maximum Gasteiger partial charge on any atom is 0.00360 e. The van der Waals surface area contributed by atoms with Crippen molar-refractivity contribution in [1.29, 1.82) is 0 Å². The minimum atomic E-state index is 0.567. The third kappa shape index (κ3) is 3.64. The third-order valence-corrected chi connectivity index (χ3v) is 4.32. The summed E-state index contributed by atoms with van der Waals surface area (Å²) in [5, 5.41) is 0. The Morgan fingerprint density at radius 3 is 1.43 bits per heavy atom. The average molecular weight is 304 g/mol. The predicted molar refractivity (Wildman–Crippen MR) is 104 cm³/mol. The Kier molecular flexibility index (Phi) is 6.40. The Morgan fingerprint density at radius 1 is 0.609 bits per heavy atom. The molecule has 2 aliphatic carbocycles. The van der Waals surface area contributed by atoms with Gasteiger partial charge in [-0.2, -0.15) is 0 Å². The first kappa shape index (κ1) is 17.3. The van der Waals surface area contributed by atoms with Crippen molar-refractivity contribution in [1.82, 2.24) is 0 Å². The molecule has 0 radical (unpaired) electrons. The van der Waals surface area contributed by atoms with Crippen LogP contribution in [0.5, 0.6) is 0 Å². The molecule has 2 aliphatic rings. The molecular weight excluding hydrogens is 276 g/mol. The van der Waals surface area contributed by atoms with Crippen LogP contribution < -0.4 is 0 Å². The maximum atomic E-state index is 2.36. The number of rotatable bonds is 2. The van der Waals surface area contributed by atoms with Gasteiger partial charge in [0.2, 0.25) is 0 Å². The summed E-state index contributed by atoms with van der Waals surface area (Å²) in [6.07, 6.45) is 10.4. The van der Waals surface area contributed by atoms with Crippen molar-refractivity contribution in [2.45, 2.75) is 46.0 Å². The lowest BCUT2D eigenvalue weighted by atomic mass is 9.87. The summed E-state index contributed by atoms with van der Waals surface area (Å²) in [5.41, 5.74) is 5.76. The molecule has 0 heterocycles. The molecule has 23 heavy (non-hydrogen) atoms. The highest BCUT2D eigenvalue weighted by molar-refractivity contribution is 5.65. The highest BCUT2D eigenvalue weighted by atomic mass is 14.3. The molecule has 0 N–H and O–H groups in total. The topological polar surface area (TPSA) is 0 Å². The summed E-state index contributed by atoms with van der Waals surface area (Å²) in [5.74, 6) is 1.13. The van der Waals surface area contributed by atoms with E-state index < -0.39 is 0 Å². The normalized spacial score (nSPS) is 19.1. The first-order valence-corrected chi connectivity index (χ1v) is 8.96. The molecular formula is C23H28. The number of benzene rings is 2. The van der Waals surface area contributed by atoms with Gasteiger partial charge in [-0.25, -0.2) is 0 Å². The minimum absolute atomic E-state index is 0.567. The molecule has 0 aliphatic heterocycles. The zero-order chi connectivity index (χ0) is 16.7. The fourth-order valence-electron chi connectivity index (χ4n) is 3.33. The van der Waals surface area contributed by atoms with Crippen LogP contribution in [0.4, 0.5) is 0 Å². The molecule has 2 aromatic rings. The van der Waals surface area contributed by atoms with Crippen molar-refractivity contribution in [2.24, 2.45) is 0 Å². The quantitative estimate of drug-likeness (QED) is 0.557. The summed E-state index contributed by atoms with van der Waals surface area (Å²) in [4.78, 5) is 0. The summed E-state index contributed by atoms with van der Waals surface area (Å²) >= 11 is 0.